The minimum Gasteiger partial charge on any atom is -0.484 e. The number of carbonyl (C=O) groups excluding carboxylic acids is 3. The standard InChI is InChI=1S/C28H30N4O8/c1-5-38-27(34)24-17(3)30-18(4)25(28(35)39-6-2)26(24)20-9-13-22(14-10-20)40-16-23(33)31-29-15-19-7-11-21(12-8-19)32(36)37/h7-15,26,30H,5-6,16H2,1-4H3,(H,31,33)/b29-15+. The molecule has 0 saturated heterocycles. The fourth-order valence-electron chi connectivity index (χ4n) is 4.08. The second kappa shape index (κ2) is 13.7. The van der Waals surface area contributed by atoms with Crippen molar-refractivity contribution in [3.05, 3.63) is 92.3 Å². The highest BCUT2D eigenvalue weighted by molar-refractivity contribution is 5.99. The first-order chi connectivity index (χ1) is 19.2. The zero-order chi connectivity index (χ0) is 29.2. The minimum absolute atomic E-state index is 0.0488. The number of dihydropyridines is 1. The van der Waals surface area contributed by atoms with Crippen LogP contribution in [0.15, 0.2) is 76.2 Å². The molecule has 12 heteroatoms. The average Bonchev–Trinajstić information content (AvgIpc) is 2.92. The van der Waals surface area contributed by atoms with Crippen molar-refractivity contribution in [3.63, 3.8) is 0 Å². The van der Waals surface area contributed by atoms with E-state index in [4.69, 9.17) is 14.2 Å². The molecule has 12 nitrogen and oxygen atoms in total. The number of nitro groups is 1. The lowest BCUT2D eigenvalue weighted by atomic mass is 9.80. The summed E-state index contributed by atoms with van der Waals surface area (Å²) >= 11 is 0. The summed E-state index contributed by atoms with van der Waals surface area (Å²) in [4.78, 5) is 48.1. The highest BCUT2D eigenvalue weighted by atomic mass is 16.6. The van der Waals surface area contributed by atoms with Gasteiger partial charge in [-0.3, -0.25) is 14.9 Å². The van der Waals surface area contributed by atoms with E-state index in [1.165, 1.54) is 30.5 Å². The molecular formula is C28H30N4O8. The highest BCUT2D eigenvalue weighted by Gasteiger charge is 2.37. The molecule has 0 unspecified atom stereocenters. The van der Waals surface area contributed by atoms with Crippen molar-refractivity contribution in [1.82, 2.24) is 10.7 Å². The molecule has 210 valence electrons. The summed E-state index contributed by atoms with van der Waals surface area (Å²) in [7, 11) is 0. The molecule has 0 bridgehead atoms. The van der Waals surface area contributed by atoms with Gasteiger partial charge < -0.3 is 19.5 Å². The van der Waals surface area contributed by atoms with Crippen molar-refractivity contribution in [3.8, 4) is 5.75 Å². The summed E-state index contributed by atoms with van der Waals surface area (Å²) in [6, 6.07) is 12.3. The zero-order valence-electron chi connectivity index (χ0n) is 22.6. The van der Waals surface area contributed by atoms with Crippen LogP contribution in [-0.2, 0) is 23.9 Å². The molecule has 0 saturated carbocycles. The molecule has 1 heterocycles. The number of nitro benzene ring substituents is 1. The number of allylic oxidation sites excluding steroid dienone is 2. The molecule has 0 radical (unpaired) electrons. The molecule has 40 heavy (non-hydrogen) atoms. The quantitative estimate of drug-likeness (QED) is 0.185. The van der Waals surface area contributed by atoms with Crippen molar-refractivity contribution in [2.24, 2.45) is 5.10 Å². The second-order valence-electron chi connectivity index (χ2n) is 8.58. The number of hydrazone groups is 1. The van der Waals surface area contributed by atoms with Crippen LogP contribution in [0.1, 0.15) is 44.7 Å². The van der Waals surface area contributed by atoms with Crippen LogP contribution in [0.2, 0.25) is 0 Å². The van der Waals surface area contributed by atoms with Gasteiger partial charge in [0.1, 0.15) is 5.75 Å². The Labute approximate surface area is 230 Å². The molecule has 0 spiro atoms. The third kappa shape index (κ3) is 7.31. The molecule has 0 aromatic heterocycles. The van der Waals surface area contributed by atoms with Crippen LogP contribution in [0.5, 0.6) is 5.75 Å². The van der Waals surface area contributed by atoms with Gasteiger partial charge in [-0.15, -0.1) is 0 Å². The van der Waals surface area contributed by atoms with E-state index in [9.17, 15) is 24.5 Å². The number of nitrogens with zero attached hydrogens (tertiary/aromatic N) is 2. The van der Waals surface area contributed by atoms with Gasteiger partial charge in [-0.25, -0.2) is 15.0 Å². The Hall–Kier alpha value is -5.00. The van der Waals surface area contributed by atoms with Crippen LogP contribution in [0.4, 0.5) is 5.69 Å². The van der Waals surface area contributed by atoms with E-state index in [1.54, 1.807) is 52.0 Å². The summed E-state index contributed by atoms with van der Waals surface area (Å²) in [5.74, 6) is -1.96. The number of non-ortho nitro benzene ring substituents is 1. The molecule has 0 aliphatic carbocycles. The largest absolute Gasteiger partial charge is 0.484 e. The van der Waals surface area contributed by atoms with Crippen molar-refractivity contribution >= 4 is 29.7 Å². The van der Waals surface area contributed by atoms with E-state index in [-0.39, 0.29) is 25.5 Å². The maximum absolute atomic E-state index is 12.9. The van der Waals surface area contributed by atoms with E-state index in [0.717, 1.165) is 0 Å². The monoisotopic (exact) mass is 550 g/mol. The molecule has 1 aliphatic rings. The summed E-state index contributed by atoms with van der Waals surface area (Å²) in [6.07, 6.45) is 1.35. The number of rotatable bonds is 11. The van der Waals surface area contributed by atoms with E-state index >= 15 is 0 Å². The smallest absolute Gasteiger partial charge is 0.336 e. The summed E-state index contributed by atoms with van der Waals surface area (Å²) in [5.41, 5.74) is 5.22. The van der Waals surface area contributed by atoms with Gasteiger partial charge in [-0.1, -0.05) is 12.1 Å². The summed E-state index contributed by atoms with van der Waals surface area (Å²) in [5, 5.41) is 17.6. The van der Waals surface area contributed by atoms with Gasteiger partial charge in [0.25, 0.3) is 11.6 Å². The lowest BCUT2D eigenvalue weighted by Gasteiger charge is -2.30. The number of hydrogen-bond donors (Lipinski definition) is 2. The van der Waals surface area contributed by atoms with E-state index in [0.29, 0.717) is 39.4 Å². The Bertz CT molecular complexity index is 1320. The van der Waals surface area contributed by atoms with Crippen molar-refractivity contribution in [2.75, 3.05) is 19.8 Å². The van der Waals surface area contributed by atoms with E-state index < -0.39 is 28.7 Å². The molecule has 0 atom stereocenters. The first-order valence-electron chi connectivity index (χ1n) is 12.5. The number of amides is 1. The third-order valence-electron chi connectivity index (χ3n) is 5.84. The van der Waals surface area contributed by atoms with Gasteiger partial charge in [0, 0.05) is 23.5 Å². The van der Waals surface area contributed by atoms with E-state index in [2.05, 4.69) is 15.8 Å². The molecule has 2 N–H and O–H groups in total. The van der Waals surface area contributed by atoms with Crippen molar-refractivity contribution in [1.29, 1.82) is 0 Å². The van der Waals surface area contributed by atoms with Crippen LogP contribution in [0, 0.1) is 10.1 Å². The first-order valence-corrected chi connectivity index (χ1v) is 12.5. The fourth-order valence-corrected chi connectivity index (χ4v) is 4.08. The van der Waals surface area contributed by atoms with Crippen LogP contribution in [-0.4, -0.2) is 48.8 Å². The molecule has 1 amide bonds. The maximum atomic E-state index is 12.9. The number of nitrogens with one attached hydrogen (secondary N) is 2. The average molecular weight is 551 g/mol. The lowest BCUT2D eigenvalue weighted by Crippen LogP contribution is -2.32. The number of carbonyl (C=O) groups is 3. The Morgan fingerprint density at radius 1 is 0.950 bits per heavy atom. The number of hydrogen-bond acceptors (Lipinski definition) is 10. The van der Waals surface area contributed by atoms with Gasteiger partial charge in [0.15, 0.2) is 6.61 Å². The Balaban J connectivity index is 1.71. The van der Waals surface area contributed by atoms with Crippen LogP contribution >= 0.6 is 0 Å². The Kier molecular flexibility index (Phi) is 10.1. The Morgan fingerprint density at radius 3 is 2.00 bits per heavy atom. The SMILES string of the molecule is CCOC(=O)C1=C(C)NC(C)=C(C(=O)OCC)C1c1ccc(OCC(=O)N/N=C/c2ccc([N+](=O)[O-])cc2)cc1. The molecular weight excluding hydrogens is 520 g/mol. The lowest BCUT2D eigenvalue weighted by molar-refractivity contribution is -0.384. The van der Waals surface area contributed by atoms with Crippen molar-refractivity contribution < 1.29 is 33.5 Å². The topological polar surface area (TPSA) is 158 Å². The predicted molar refractivity (Wildman–Crippen MR) is 145 cm³/mol. The van der Waals surface area contributed by atoms with Gasteiger partial charge in [0.2, 0.25) is 0 Å². The predicted octanol–water partition coefficient (Wildman–Crippen LogP) is 3.48. The molecule has 2 aromatic carbocycles. The van der Waals surface area contributed by atoms with Crippen LogP contribution < -0.4 is 15.5 Å². The maximum Gasteiger partial charge on any atom is 0.336 e. The minimum atomic E-state index is -0.731. The van der Waals surface area contributed by atoms with Gasteiger partial charge in [-0.05, 0) is 63.1 Å². The fraction of sp³-hybridized carbons (Fsp3) is 0.286. The second-order valence-corrected chi connectivity index (χ2v) is 8.58. The van der Waals surface area contributed by atoms with Crippen LogP contribution in [0.25, 0.3) is 0 Å². The summed E-state index contributed by atoms with van der Waals surface area (Å²) < 4.78 is 16.1. The molecule has 3 rings (SSSR count). The van der Waals surface area contributed by atoms with Crippen molar-refractivity contribution in [2.45, 2.75) is 33.6 Å². The first kappa shape index (κ1) is 29.6. The zero-order valence-corrected chi connectivity index (χ0v) is 22.6. The van der Waals surface area contributed by atoms with Gasteiger partial charge >= 0.3 is 11.9 Å². The third-order valence-corrected chi connectivity index (χ3v) is 5.84. The molecule has 0 fully saturated rings. The number of esters is 2. The normalized spacial score (nSPS) is 13.6. The molecule has 1 aliphatic heterocycles. The van der Waals surface area contributed by atoms with E-state index in [1.807, 2.05) is 0 Å². The molecule has 2 aromatic rings. The Morgan fingerprint density at radius 2 is 1.50 bits per heavy atom. The highest BCUT2D eigenvalue weighted by Crippen LogP contribution is 2.39. The summed E-state index contributed by atoms with van der Waals surface area (Å²) in [6.45, 7) is 6.91. The van der Waals surface area contributed by atoms with Crippen LogP contribution in [0.3, 0.4) is 0 Å². The van der Waals surface area contributed by atoms with Gasteiger partial charge in [0.05, 0.1) is 41.4 Å². The van der Waals surface area contributed by atoms with Gasteiger partial charge in [-0.2, -0.15) is 5.10 Å². The number of benzene rings is 2. The number of ether oxygens (including phenoxy) is 3.